The van der Waals surface area contributed by atoms with Gasteiger partial charge in [0.25, 0.3) is 5.91 Å². The van der Waals surface area contributed by atoms with E-state index < -0.39 is 5.91 Å². The molecule has 0 fully saturated rings. The highest BCUT2D eigenvalue weighted by Gasteiger charge is 2.09. The van der Waals surface area contributed by atoms with Crippen LogP contribution in [0.5, 0.6) is 5.88 Å². The Morgan fingerprint density at radius 1 is 1.17 bits per heavy atom. The summed E-state index contributed by atoms with van der Waals surface area (Å²) in [5.74, 6) is -0.482. The molecule has 0 spiro atoms. The highest BCUT2D eigenvalue weighted by atomic mass is 32.1. The first-order valence-corrected chi connectivity index (χ1v) is 7.52. The number of ether oxygens (including phenoxy) is 1. The van der Waals surface area contributed by atoms with E-state index in [-0.39, 0.29) is 12.5 Å². The predicted molar refractivity (Wildman–Crippen MR) is 86.5 cm³/mol. The van der Waals surface area contributed by atoms with Crippen LogP contribution in [0.1, 0.15) is 10.4 Å². The Hall–Kier alpha value is -3.00. The van der Waals surface area contributed by atoms with E-state index in [1.54, 1.807) is 12.1 Å². The molecular weight excluding hydrogens is 316 g/mol. The molecule has 2 heterocycles. The largest absolute Gasteiger partial charge is 0.467 e. The van der Waals surface area contributed by atoms with Gasteiger partial charge in [0.2, 0.25) is 11.8 Å². The molecule has 23 heavy (non-hydrogen) atoms. The molecule has 1 aromatic carbocycles. The zero-order valence-corrected chi connectivity index (χ0v) is 12.7. The molecule has 116 valence electrons. The minimum absolute atomic E-state index is 0.181. The number of nitrogens with zero attached hydrogens (tertiary/aromatic N) is 2. The van der Waals surface area contributed by atoms with Crippen molar-refractivity contribution in [3.8, 4) is 5.88 Å². The average molecular weight is 328 g/mol. The zero-order chi connectivity index (χ0) is 16.2. The summed E-state index contributed by atoms with van der Waals surface area (Å²) in [6, 6.07) is 8.12. The molecule has 0 saturated heterocycles. The van der Waals surface area contributed by atoms with Crippen molar-refractivity contribution >= 4 is 39.1 Å². The minimum atomic E-state index is -0.519. The van der Waals surface area contributed by atoms with Gasteiger partial charge >= 0.3 is 0 Å². The minimum Gasteiger partial charge on any atom is -0.467 e. The second kappa shape index (κ2) is 6.41. The number of thiophene rings is 1. The summed E-state index contributed by atoms with van der Waals surface area (Å²) in [4.78, 5) is 31.8. The Kier molecular flexibility index (Phi) is 4.15. The Balaban J connectivity index is 1.61. The summed E-state index contributed by atoms with van der Waals surface area (Å²) in [7, 11) is 0. The third kappa shape index (κ3) is 3.43. The van der Waals surface area contributed by atoms with Crippen LogP contribution in [0.4, 0.5) is 5.69 Å². The van der Waals surface area contributed by atoms with Crippen LogP contribution >= 0.6 is 11.3 Å². The lowest BCUT2D eigenvalue weighted by Gasteiger charge is -2.07. The molecule has 2 aromatic heterocycles. The van der Waals surface area contributed by atoms with E-state index in [0.29, 0.717) is 17.1 Å². The Morgan fingerprint density at radius 3 is 2.70 bits per heavy atom. The van der Waals surface area contributed by atoms with Crippen LogP contribution in [0.15, 0.2) is 42.0 Å². The quantitative estimate of drug-likeness (QED) is 0.742. The molecule has 0 aliphatic heterocycles. The van der Waals surface area contributed by atoms with Crippen molar-refractivity contribution in [1.29, 1.82) is 0 Å². The molecule has 0 saturated carbocycles. The topological polar surface area (TPSA) is 107 Å². The van der Waals surface area contributed by atoms with Gasteiger partial charge in [0.15, 0.2) is 6.61 Å². The number of anilines is 1. The molecule has 3 N–H and O–H groups in total. The van der Waals surface area contributed by atoms with Crippen molar-refractivity contribution in [3.63, 3.8) is 0 Å². The third-order valence-electron chi connectivity index (χ3n) is 3.02. The van der Waals surface area contributed by atoms with Crippen molar-refractivity contribution in [3.05, 3.63) is 47.6 Å². The molecule has 3 rings (SSSR count). The van der Waals surface area contributed by atoms with Crippen LogP contribution in [0.2, 0.25) is 0 Å². The van der Waals surface area contributed by atoms with Gasteiger partial charge in [-0.05, 0) is 35.7 Å². The lowest BCUT2D eigenvalue weighted by molar-refractivity contribution is -0.118. The number of aromatic nitrogens is 2. The number of rotatable bonds is 5. The van der Waals surface area contributed by atoms with Crippen molar-refractivity contribution < 1.29 is 14.3 Å². The van der Waals surface area contributed by atoms with Crippen LogP contribution in [0.3, 0.4) is 0 Å². The number of hydrogen-bond donors (Lipinski definition) is 2. The van der Waals surface area contributed by atoms with Gasteiger partial charge in [0.05, 0.1) is 5.39 Å². The number of fused-ring (bicyclic) bond motifs is 1. The molecule has 0 aliphatic rings. The van der Waals surface area contributed by atoms with Crippen molar-refractivity contribution in [1.82, 2.24) is 9.97 Å². The zero-order valence-electron chi connectivity index (χ0n) is 11.9. The SMILES string of the molecule is NC(=O)c1ccc(NC(=O)COc2ncnc3sccc23)cc1. The summed E-state index contributed by atoms with van der Waals surface area (Å²) in [5, 5.41) is 5.32. The summed E-state index contributed by atoms with van der Waals surface area (Å²) >= 11 is 1.47. The highest BCUT2D eigenvalue weighted by molar-refractivity contribution is 7.16. The van der Waals surface area contributed by atoms with Crippen LogP contribution in [-0.2, 0) is 4.79 Å². The number of carbonyl (C=O) groups excluding carboxylic acids is 2. The summed E-state index contributed by atoms with van der Waals surface area (Å²) in [5.41, 5.74) is 6.08. The smallest absolute Gasteiger partial charge is 0.262 e. The number of amides is 2. The van der Waals surface area contributed by atoms with Crippen LogP contribution in [0.25, 0.3) is 10.2 Å². The maximum Gasteiger partial charge on any atom is 0.262 e. The van der Waals surface area contributed by atoms with E-state index in [1.807, 2.05) is 11.4 Å². The van der Waals surface area contributed by atoms with E-state index in [2.05, 4.69) is 15.3 Å². The summed E-state index contributed by atoms with van der Waals surface area (Å²) in [6.45, 7) is -0.181. The summed E-state index contributed by atoms with van der Waals surface area (Å²) < 4.78 is 5.44. The molecule has 8 heteroatoms. The van der Waals surface area contributed by atoms with Gasteiger partial charge in [-0.25, -0.2) is 9.97 Å². The highest BCUT2D eigenvalue weighted by Crippen LogP contribution is 2.25. The standard InChI is InChI=1S/C15H12N4O3S/c16-13(21)9-1-3-10(4-2-9)19-12(20)7-22-14-11-5-6-23-15(11)18-8-17-14/h1-6,8H,7H2,(H2,16,21)(H,19,20). The lowest BCUT2D eigenvalue weighted by atomic mass is 10.2. The van der Waals surface area contributed by atoms with E-state index >= 15 is 0 Å². The second-order valence-electron chi connectivity index (χ2n) is 4.60. The molecule has 0 atom stereocenters. The fourth-order valence-corrected chi connectivity index (χ4v) is 2.65. The van der Waals surface area contributed by atoms with Crippen molar-refractivity contribution in [2.75, 3.05) is 11.9 Å². The molecule has 0 radical (unpaired) electrons. The van der Waals surface area contributed by atoms with Crippen LogP contribution < -0.4 is 15.8 Å². The molecule has 2 amide bonds. The van der Waals surface area contributed by atoms with Crippen molar-refractivity contribution in [2.45, 2.75) is 0 Å². The first-order chi connectivity index (χ1) is 11.1. The number of benzene rings is 1. The summed E-state index contributed by atoms with van der Waals surface area (Å²) in [6.07, 6.45) is 1.40. The maximum absolute atomic E-state index is 11.9. The molecule has 7 nitrogen and oxygen atoms in total. The normalized spacial score (nSPS) is 10.4. The van der Waals surface area contributed by atoms with Crippen LogP contribution in [-0.4, -0.2) is 28.4 Å². The number of carbonyl (C=O) groups is 2. The Morgan fingerprint density at radius 2 is 1.96 bits per heavy atom. The van der Waals surface area contributed by atoms with E-state index in [9.17, 15) is 9.59 Å². The van der Waals surface area contributed by atoms with Crippen LogP contribution in [0, 0.1) is 0 Å². The number of hydrogen-bond acceptors (Lipinski definition) is 6. The lowest BCUT2D eigenvalue weighted by Crippen LogP contribution is -2.20. The fourth-order valence-electron chi connectivity index (χ4n) is 1.93. The van der Waals surface area contributed by atoms with Gasteiger partial charge in [-0.2, -0.15) is 0 Å². The maximum atomic E-state index is 11.9. The van der Waals surface area contributed by atoms with E-state index in [0.717, 1.165) is 10.2 Å². The number of primary amides is 1. The Labute approximate surface area is 135 Å². The Bertz CT molecular complexity index is 861. The van der Waals surface area contributed by atoms with Gasteiger partial charge in [0, 0.05) is 11.3 Å². The first kappa shape index (κ1) is 14.9. The molecule has 0 bridgehead atoms. The molecule has 0 unspecified atom stereocenters. The third-order valence-corrected chi connectivity index (χ3v) is 3.84. The molecule has 3 aromatic rings. The van der Waals surface area contributed by atoms with Gasteiger partial charge < -0.3 is 15.8 Å². The average Bonchev–Trinajstić information content (AvgIpc) is 3.02. The van der Waals surface area contributed by atoms with Gasteiger partial charge in [-0.15, -0.1) is 11.3 Å². The van der Waals surface area contributed by atoms with Gasteiger partial charge in [-0.1, -0.05) is 0 Å². The number of nitrogens with two attached hydrogens (primary N) is 1. The van der Waals surface area contributed by atoms with E-state index in [1.165, 1.54) is 29.8 Å². The first-order valence-electron chi connectivity index (χ1n) is 6.64. The number of nitrogens with one attached hydrogen (secondary N) is 1. The monoisotopic (exact) mass is 328 g/mol. The molecule has 0 aliphatic carbocycles. The second-order valence-corrected chi connectivity index (χ2v) is 5.49. The van der Waals surface area contributed by atoms with E-state index in [4.69, 9.17) is 10.5 Å². The van der Waals surface area contributed by atoms with Gasteiger partial charge in [0.1, 0.15) is 11.2 Å². The fraction of sp³-hybridized carbons (Fsp3) is 0.0667. The molecular formula is C15H12N4O3S. The predicted octanol–water partition coefficient (Wildman–Crippen LogP) is 1.81. The van der Waals surface area contributed by atoms with Gasteiger partial charge in [-0.3, -0.25) is 9.59 Å². The van der Waals surface area contributed by atoms with Crippen molar-refractivity contribution in [2.24, 2.45) is 5.73 Å².